The van der Waals surface area contributed by atoms with E-state index in [0.717, 1.165) is 0 Å². The maximum atomic E-state index is 10.9. The fourth-order valence-corrected chi connectivity index (χ4v) is 1.82. The molecule has 0 spiro atoms. The van der Waals surface area contributed by atoms with Crippen molar-refractivity contribution in [3.8, 4) is 0 Å². The van der Waals surface area contributed by atoms with E-state index in [-0.39, 0.29) is 32.8 Å². The van der Waals surface area contributed by atoms with Gasteiger partial charge in [0.25, 0.3) is 0 Å². The minimum absolute atomic E-state index is 0.0844. The van der Waals surface area contributed by atoms with Crippen molar-refractivity contribution in [3.05, 3.63) is 0 Å². The molecule has 0 radical (unpaired) electrons. The van der Waals surface area contributed by atoms with Crippen LogP contribution in [-0.4, -0.2) is 79.1 Å². The first-order chi connectivity index (χ1) is 11.0. The highest BCUT2D eigenvalue weighted by molar-refractivity contribution is 5.76. The number of hydrogen-bond donors (Lipinski definition) is 2. The van der Waals surface area contributed by atoms with Gasteiger partial charge in [0, 0.05) is 12.8 Å². The number of carbonyl (C=O) groups is 4. The number of aliphatic carboxylic acids is 2. The van der Waals surface area contributed by atoms with E-state index in [1.165, 1.54) is 0 Å². The average Bonchev–Trinajstić information content (AvgIpc) is 2.94. The lowest BCUT2D eigenvalue weighted by Crippen LogP contribution is -2.37. The van der Waals surface area contributed by atoms with E-state index in [9.17, 15) is 19.2 Å². The van der Waals surface area contributed by atoms with E-state index in [4.69, 9.17) is 29.2 Å². The first-order valence-electron chi connectivity index (χ1n) is 6.78. The van der Waals surface area contributed by atoms with Crippen LogP contribution in [0, 0.1) is 0 Å². The quantitative estimate of drug-likeness (QED) is 0.419. The molecule has 0 aliphatic carbocycles. The average molecular weight is 334 g/mol. The Kier molecular flexibility index (Phi) is 8.33. The summed E-state index contributed by atoms with van der Waals surface area (Å²) in [6.07, 6.45) is -3.66. The van der Waals surface area contributed by atoms with Crippen LogP contribution in [0.2, 0.25) is 0 Å². The third kappa shape index (κ3) is 6.40. The van der Waals surface area contributed by atoms with E-state index in [2.05, 4.69) is 0 Å². The Labute approximate surface area is 131 Å². The lowest BCUT2D eigenvalue weighted by Gasteiger charge is -2.20. The molecule has 1 aliphatic rings. The van der Waals surface area contributed by atoms with E-state index in [0.29, 0.717) is 12.6 Å². The fourth-order valence-electron chi connectivity index (χ4n) is 1.82. The van der Waals surface area contributed by atoms with Crippen LogP contribution >= 0.6 is 0 Å². The summed E-state index contributed by atoms with van der Waals surface area (Å²) >= 11 is 0. The predicted octanol–water partition coefficient (Wildman–Crippen LogP) is -1.15. The van der Waals surface area contributed by atoms with Crippen molar-refractivity contribution < 1.29 is 48.3 Å². The zero-order chi connectivity index (χ0) is 17.2. The van der Waals surface area contributed by atoms with Gasteiger partial charge >= 0.3 is 11.9 Å². The molecule has 0 aromatic carbocycles. The number of aldehydes is 2. The molecule has 2 N–H and O–H groups in total. The molecule has 1 heterocycles. The summed E-state index contributed by atoms with van der Waals surface area (Å²) in [5, 5.41) is 17.7. The molecule has 0 aromatic heterocycles. The highest BCUT2D eigenvalue weighted by Gasteiger charge is 2.33. The number of carbonyl (C=O) groups excluding carboxylic acids is 2. The SMILES string of the molecule is O=CCC(OC[C@@H]1OCO[C@H]1COC(CC=O)C(=O)O)C(=O)O. The molecule has 10 nitrogen and oxygen atoms in total. The summed E-state index contributed by atoms with van der Waals surface area (Å²) in [6, 6.07) is 0. The van der Waals surface area contributed by atoms with Crippen molar-refractivity contribution in [2.75, 3.05) is 20.0 Å². The summed E-state index contributed by atoms with van der Waals surface area (Å²) < 4.78 is 20.6. The monoisotopic (exact) mass is 334 g/mol. The Morgan fingerprint density at radius 1 is 0.957 bits per heavy atom. The minimum atomic E-state index is -1.29. The molecule has 1 saturated heterocycles. The largest absolute Gasteiger partial charge is 0.479 e. The van der Waals surface area contributed by atoms with Gasteiger partial charge in [0.1, 0.15) is 31.6 Å². The van der Waals surface area contributed by atoms with Gasteiger partial charge in [-0.3, -0.25) is 0 Å². The Balaban J connectivity index is 2.46. The van der Waals surface area contributed by atoms with Gasteiger partial charge in [0.05, 0.1) is 13.2 Å². The van der Waals surface area contributed by atoms with Crippen LogP contribution in [0.5, 0.6) is 0 Å². The number of hydrogen-bond acceptors (Lipinski definition) is 8. The summed E-state index contributed by atoms with van der Waals surface area (Å²) in [5.41, 5.74) is 0. The van der Waals surface area contributed by atoms with Crippen LogP contribution in [0.1, 0.15) is 12.8 Å². The Bertz CT molecular complexity index is 385. The third-order valence-corrected chi connectivity index (χ3v) is 3.07. The highest BCUT2D eigenvalue weighted by atomic mass is 16.7. The van der Waals surface area contributed by atoms with E-state index in [1.807, 2.05) is 0 Å². The van der Waals surface area contributed by atoms with Crippen molar-refractivity contribution in [2.24, 2.45) is 0 Å². The van der Waals surface area contributed by atoms with Gasteiger partial charge in [-0.05, 0) is 0 Å². The second kappa shape index (κ2) is 10.0. The predicted molar refractivity (Wildman–Crippen MR) is 70.7 cm³/mol. The molecular formula is C13H18O10. The van der Waals surface area contributed by atoms with Crippen molar-refractivity contribution in [1.82, 2.24) is 0 Å². The smallest absolute Gasteiger partial charge is 0.333 e. The molecule has 0 saturated carbocycles. The third-order valence-electron chi connectivity index (χ3n) is 3.07. The molecule has 0 bridgehead atoms. The topological polar surface area (TPSA) is 146 Å². The van der Waals surface area contributed by atoms with Gasteiger partial charge in [0.15, 0.2) is 12.2 Å². The lowest BCUT2D eigenvalue weighted by atomic mass is 10.2. The Morgan fingerprint density at radius 3 is 1.65 bits per heavy atom. The number of carboxylic acid groups (broad SMARTS) is 2. The summed E-state index contributed by atoms with van der Waals surface area (Å²) in [5.74, 6) is -2.55. The second-order valence-electron chi connectivity index (χ2n) is 4.65. The zero-order valence-corrected chi connectivity index (χ0v) is 12.2. The molecule has 0 amide bonds. The van der Waals surface area contributed by atoms with Crippen LogP contribution in [0.15, 0.2) is 0 Å². The van der Waals surface area contributed by atoms with Gasteiger partial charge in [-0.15, -0.1) is 0 Å². The van der Waals surface area contributed by atoms with Gasteiger partial charge < -0.3 is 38.7 Å². The van der Waals surface area contributed by atoms with Gasteiger partial charge in [-0.1, -0.05) is 0 Å². The summed E-state index contributed by atoms with van der Waals surface area (Å²) in [6.45, 7) is -0.409. The lowest BCUT2D eigenvalue weighted by molar-refractivity contribution is -0.156. The summed E-state index contributed by atoms with van der Waals surface area (Å²) in [4.78, 5) is 42.5. The number of ether oxygens (including phenoxy) is 4. The van der Waals surface area contributed by atoms with Crippen LogP contribution < -0.4 is 0 Å². The molecule has 1 rings (SSSR count). The zero-order valence-electron chi connectivity index (χ0n) is 12.2. The van der Waals surface area contributed by atoms with Crippen molar-refractivity contribution in [3.63, 3.8) is 0 Å². The van der Waals surface area contributed by atoms with Crippen molar-refractivity contribution >= 4 is 24.5 Å². The number of carboxylic acids is 2. The van der Waals surface area contributed by atoms with Crippen LogP contribution in [0.25, 0.3) is 0 Å². The van der Waals surface area contributed by atoms with E-state index < -0.39 is 36.4 Å². The molecule has 0 aromatic rings. The standard InChI is InChI=1S/C13H18O10/c14-3-1-8(12(16)17)20-5-10-11(23-7-22-10)6-21-9(2-4-15)13(18)19/h3-4,8-11H,1-2,5-7H2,(H,16,17)(H,18,19)/t8?,9?,10-,11-/m0/s1. The maximum Gasteiger partial charge on any atom is 0.333 e. The van der Waals surface area contributed by atoms with Crippen molar-refractivity contribution in [2.45, 2.75) is 37.3 Å². The molecular weight excluding hydrogens is 316 g/mol. The Morgan fingerprint density at radius 2 is 1.35 bits per heavy atom. The summed E-state index contributed by atoms with van der Waals surface area (Å²) in [7, 11) is 0. The Hall–Kier alpha value is -1.88. The van der Waals surface area contributed by atoms with Crippen LogP contribution in [-0.2, 0) is 38.1 Å². The van der Waals surface area contributed by atoms with E-state index in [1.54, 1.807) is 0 Å². The normalized spacial score (nSPS) is 23.1. The first-order valence-corrected chi connectivity index (χ1v) is 6.78. The fraction of sp³-hybridized carbons (Fsp3) is 0.692. The number of rotatable bonds is 12. The first kappa shape index (κ1) is 19.2. The molecule has 130 valence electrons. The van der Waals surface area contributed by atoms with Gasteiger partial charge in [-0.25, -0.2) is 9.59 Å². The highest BCUT2D eigenvalue weighted by Crippen LogP contribution is 2.16. The van der Waals surface area contributed by atoms with Crippen LogP contribution in [0.4, 0.5) is 0 Å². The molecule has 10 heteroatoms. The molecule has 23 heavy (non-hydrogen) atoms. The molecule has 2 unspecified atom stereocenters. The maximum absolute atomic E-state index is 10.9. The second-order valence-corrected chi connectivity index (χ2v) is 4.65. The molecule has 4 atom stereocenters. The van der Waals surface area contributed by atoms with Crippen molar-refractivity contribution in [1.29, 1.82) is 0 Å². The van der Waals surface area contributed by atoms with Crippen LogP contribution in [0.3, 0.4) is 0 Å². The minimum Gasteiger partial charge on any atom is -0.479 e. The molecule has 1 fully saturated rings. The van der Waals surface area contributed by atoms with Gasteiger partial charge in [0.2, 0.25) is 0 Å². The van der Waals surface area contributed by atoms with E-state index >= 15 is 0 Å². The molecule has 1 aliphatic heterocycles. The van der Waals surface area contributed by atoms with Gasteiger partial charge in [-0.2, -0.15) is 0 Å².